The molecule has 1 aromatic carbocycles. The molecule has 0 spiro atoms. The lowest BCUT2D eigenvalue weighted by atomic mass is 10.1. The highest BCUT2D eigenvalue weighted by atomic mass is 32.2. The quantitative estimate of drug-likeness (QED) is 0.786. The molecule has 0 aliphatic carbocycles. The Morgan fingerprint density at radius 2 is 2.19 bits per heavy atom. The first-order valence-corrected chi connectivity index (χ1v) is 7.79. The van der Waals surface area contributed by atoms with Gasteiger partial charge in [0.25, 0.3) is 0 Å². The van der Waals surface area contributed by atoms with E-state index in [4.69, 9.17) is 5.26 Å². The minimum Gasteiger partial charge on any atom is -0.313 e. The molecule has 0 unspecified atom stereocenters. The van der Waals surface area contributed by atoms with Crippen molar-refractivity contribution >= 4 is 11.8 Å². The number of aromatic nitrogens is 4. The normalized spacial score (nSPS) is 10.8. The van der Waals surface area contributed by atoms with Crippen LogP contribution in [-0.2, 0) is 12.3 Å². The second-order valence-corrected chi connectivity index (χ2v) is 5.79. The van der Waals surface area contributed by atoms with E-state index in [2.05, 4.69) is 40.8 Å². The molecule has 1 N–H and O–H groups in total. The Kier molecular flexibility index (Phi) is 5.72. The molecule has 7 heteroatoms. The molecule has 0 aliphatic rings. The zero-order chi connectivity index (χ0) is 15.1. The van der Waals surface area contributed by atoms with Gasteiger partial charge in [-0.25, -0.2) is 4.68 Å². The van der Waals surface area contributed by atoms with Gasteiger partial charge in [0.15, 0.2) is 0 Å². The van der Waals surface area contributed by atoms with E-state index in [0.717, 1.165) is 23.8 Å². The van der Waals surface area contributed by atoms with Crippen molar-refractivity contribution in [2.75, 3.05) is 6.54 Å². The fourth-order valence-electron chi connectivity index (χ4n) is 1.80. The molecule has 2 rings (SSSR count). The zero-order valence-corrected chi connectivity index (χ0v) is 13.0. The largest absolute Gasteiger partial charge is 0.313 e. The van der Waals surface area contributed by atoms with Crippen LogP contribution in [0.3, 0.4) is 0 Å². The molecule has 1 heterocycles. The number of thioether (sulfide) groups is 1. The predicted molar refractivity (Wildman–Crippen MR) is 81.7 cm³/mol. The summed E-state index contributed by atoms with van der Waals surface area (Å²) in [7, 11) is 0. The van der Waals surface area contributed by atoms with Crippen LogP contribution in [0.25, 0.3) is 0 Å². The molecule has 21 heavy (non-hydrogen) atoms. The van der Waals surface area contributed by atoms with Gasteiger partial charge in [-0.2, -0.15) is 5.26 Å². The van der Waals surface area contributed by atoms with Crippen molar-refractivity contribution in [3.05, 3.63) is 35.4 Å². The van der Waals surface area contributed by atoms with Crippen molar-refractivity contribution in [2.45, 2.75) is 37.3 Å². The van der Waals surface area contributed by atoms with E-state index in [9.17, 15) is 0 Å². The number of hydrogen-bond donors (Lipinski definition) is 1. The summed E-state index contributed by atoms with van der Waals surface area (Å²) in [6.45, 7) is 5.76. The summed E-state index contributed by atoms with van der Waals surface area (Å²) < 4.78 is 1.79. The topological polar surface area (TPSA) is 79.4 Å². The Bertz CT molecular complexity index is 616. The van der Waals surface area contributed by atoms with Gasteiger partial charge in [0.05, 0.1) is 18.2 Å². The highest BCUT2D eigenvalue weighted by Gasteiger charge is 2.08. The highest BCUT2D eigenvalue weighted by molar-refractivity contribution is 7.98. The van der Waals surface area contributed by atoms with Crippen molar-refractivity contribution in [1.82, 2.24) is 25.5 Å². The molecule has 0 atom stereocenters. The SMILES string of the molecule is CC(C)NCCn1nnnc1SCc1ccccc1C#N. The van der Waals surface area contributed by atoms with E-state index < -0.39 is 0 Å². The molecule has 0 bridgehead atoms. The van der Waals surface area contributed by atoms with Gasteiger partial charge in [-0.05, 0) is 22.1 Å². The van der Waals surface area contributed by atoms with Crippen molar-refractivity contribution in [2.24, 2.45) is 0 Å². The highest BCUT2D eigenvalue weighted by Crippen LogP contribution is 2.21. The molecule has 2 aromatic rings. The molecule has 1 aromatic heterocycles. The third kappa shape index (κ3) is 4.55. The monoisotopic (exact) mass is 302 g/mol. The van der Waals surface area contributed by atoms with Crippen molar-refractivity contribution < 1.29 is 0 Å². The smallest absolute Gasteiger partial charge is 0.209 e. The minimum absolute atomic E-state index is 0.445. The molecule has 0 amide bonds. The Labute approximate surface area is 128 Å². The molecule has 0 fully saturated rings. The Morgan fingerprint density at radius 1 is 1.38 bits per heavy atom. The minimum atomic E-state index is 0.445. The Morgan fingerprint density at radius 3 is 2.95 bits per heavy atom. The fraction of sp³-hybridized carbons (Fsp3) is 0.429. The predicted octanol–water partition coefficient (Wildman–Crippen LogP) is 1.84. The molecule has 0 aliphatic heterocycles. The summed E-state index contributed by atoms with van der Waals surface area (Å²) in [5.74, 6) is 0.682. The number of nitrogens with one attached hydrogen (secondary N) is 1. The third-order valence-corrected chi connectivity index (χ3v) is 3.88. The summed E-state index contributed by atoms with van der Waals surface area (Å²) in [4.78, 5) is 0. The standard InChI is InChI=1S/C14H18N6S/c1-11(2)16-7-8-20-14(17-18-19-20)21-10-13-6-4-3-5-12(13)9-15/h3-6,11,16H,7-8,10H2,1-2H3. The number of nitrogens with zero attached hydrogens (tertiary/aromatic N) is 5. The average Bonchev–Trinajstić information content (AvgIpc) is 2.92. The van der Waals surface area contributed by atoms with Crippen LogP contribution in [0.15, 0.2) is 29.4 Å². The van der Waals surface area contributed by atoms with E-state index in [1.54, 1.807) is 16.4 Å². The second-order valence-electron chi connectivity index (χ2n) is 4.85. The molecule has 0 radical (unpaired) electrons. The van der Waals surface area contributed by atoms with Crippen LogP contribution in [0.5, 0.6) is 0 Å². The molecule has 6 nitrogen and oxygen atoms in total. The maximum Gasteiger partial charge on any atom is 0.209 e. The number of rotatable bonds is 7. The van der Waals surface area contributed by atoms with Crippen molar-refractivity contribution in [3.8, 4) is 6.07 Å². The van der Waals surface area contributed by atoms with E-state index in [-0.39, 0.29) is 0 Å². The Balaban J connectivity index is 1.95. The van der Waals surface area contributed by atoms with Crippen LogP contribution in [0.1, 0.15) is 25.0 Å². The first-order valence-electron chi connectivity index (χ1n) is 6.81. The van der Waals surface area contributed by atoms with Crippen molar-refractivity contribution in [1.29, 1.82) is 5.26 Å². The summed E-state index contributed by atoms with van der Waals surface area (Å²) in [6, 6.07) is 10.2. The zero-order valence-electron chi connectivity index (χ0n) is 12.2. The van der Waals surface area contributed by atoms with Gasteiger partial charge in [0, 0.05) is 18.3 Å². The summed E-state index contributed by atoms with van der Waals surface area (Å²) >= 11 is 1.54. The van der Waals surface area contributed by atoms with Crippen LogP contribution < -0.4 is 5.32 Å². The molecule has 0 saturated carbocycles. The molecular formula is C14H18N6S. The van der Waals surface area contributed by atoms with Crippen LogP contribution >= 0.6 is 11.8 Å². The van der Waals surface area contributed by atoms with Gasteiger partial charge in [-0.1, -0.05) is 43.8 Å². The first-order chi connectivity index (χ1) is 10.2. The van der Waals surface area contributed by atoms with Crippen LogP contribution in [0.4, 0.5) is 0 Å². The number of tetrazole rings is 1. The summed E-state index contributed by atoms with van der Waals surface area (Å²) in [6.07, 6.45) is 0. The molecule has 0 saturated heterocycles. The lowest BCUT2D eigenvalue weighted by molar-refractivity contribution is 0.485. The maximum atomic E-state index is 9.09. The van der Waals surface area contributed by atoms with Crippen LogP contribution in [0, 0.1) is 11.3 Å². The molecular weight excluding hydrogens is 284 g/mol. The molecule has 110 valence electrons. The number of nitriles is 1. The van der Waals surface area contributed by atoms with Crippen LogP contribution in [-0.4, -0.2) is 32.8 Å². The lowest BCUT2D eigenvalue weighted by Gasteiger charge is -2.08. The maximum absolute atomic E-state index is 9.09. The fourth-order valence-corrected chi connectivity index (χ4v) is 2.70. The third-order valence-electron chi connectivity index (χ3n) is 2.87. The number of hydrogen-bond acceptors (Lipinski definition) is 6. The van der Waals surface area contributed by atoms with E-state index in [1.807, 2.05) is 24.3 Å². The van der Waals surface area contributed by atoms with Gasteiger partial charge in [-0.3, -0.25) is 0 Å². The summed E-state index contributed by atoms with van der Waals surface area (Å²) in [5, 5.41) is 25.0. The Hall–Kier alpha value is -1.91. The summed E-state index contributed by atoms with van der Waals surface area (Å²) in [5.41, 5.74) is 1.70. The van der Waals surface area contributed by atoms with E-state index >= 15 is 0 Å². The first kappa shape index (κ1) is 15.5. The van der Waals surface area contributed by atoms with E-state index in [1.165, 1.54) is 0 Å². The van der Waals surface area contributed by atoms with E-state index in [0.29, 0.717) is 17.4 Å². The van der Waals surface area contributed by atoms with Gasteiger partial charge in [-0.15, -0.1) is 5.10 Å². The number of benzene rings is 1. The lowest BCUT2D eigenvalue weighted by Crippen LogP contribution is -2.27. The second kappa shape index (κ2) is 7.76. The van der Waals surface area contributed by atoms with Crippen LogP contribution in [0.2, 0.25) is 0 Å². The van der Waals surface area contributed by atoms with Gasteiger partial charge < -0.3 is 5.32 Å². The average molecular weight is 302 g/mol. The van der Waals surface area contributed by atoms with Crippen molar-refractivity contribution in [3.63, 3.8) is 0 Å². The van der Waals surface area contributed by atoms with Gasteiger partial charge in [0.1, 0.15) is 0 Å². The van der Waals surface area contributed by atoms with Gasteiger partial charge in [0.2, 0.25) is 5.16 Å². The van der Waals surface area contributed by atoms with Gasteiger partial charge >= 0.3 is 0 Å².